The summed E-state index contributed by atoms with van der Waals surface area (Å²) in [7, 11) is 0. The van der Waals surface area contributed by atoms with E-state index in [4.69, 9.17) is 9.47 Å². The van der Waals surface area contributed by atoms with Crippen LogP contribution in [0.2, 0.25) is 0 Å². The van der Waals surface area contributed by atoms with Gasteiger partial charge in [0.05, 0.1) is 51.6 Å². The summed E-state index contributed by atoms with van der Waals surface area (Å²) in [6, 6.07) is 14.7. The molecule has 298 valence electrons. The Kier molecular flexibility index (Phi) is 17.3. The molecule has 2 aromatic rings. The first-order chi connectivity index (χ1) is 25.9. The smallest absolute Gasteiger partial charge is 0.243 e. The molecule has 0 radical (unpaired) electrons. The molecule has 2 aliphatic heterocycles. The lowest BCUT2D eigenvalue weighted by atomic mass is 9.90. The first-order valence-corrected chi connectivity index (χ1v) is 19.1. The molecule has 14 nitrogen and oxygen atoms in total. The van der Waals surface area contributed by atoms with Gasteiger partial charge in [0, 0.05) is 26.2 Å². The third-order valence-corrected chi connectivity index (χ3v) is 9.90. The Morgan fingerprint density at radius 1 is 0.574 bits per heavy atom. The normalized spacial score (nSPS) is 18.9. The number of hydrogen-bond acceptors (Lipinski definition) is 10. The zero-order chi connectivity index (χ0) is 39.0. The van der Waals surface area contributed by atoms with E-state index in [2.05, 4.69) is 21.3 Å². The number of nitrogens with zero attached hydrogens (tertiary/aromatic N) is 2. The zero-order valence-electron chi connectivity index (χ0n) is 32.1. The van der Waals surface area contributed by atoms with E-state index < -0.39 is 48.2 Å². The van der Waals surface area contributed by atoms with Crippen molar-refractivity contribution in [1.29, 1.82) is 0 Å². The molecule has 2 fully saturated rings. The fourth-order valence-electron chi connectivity index (χ4n) is 6.70. The van der Waals surface area contributed by atoms with Crippen molar-refractivity contribution in [3.8, 4) is 0 Å². The summed E-state index contributed by atoms with van der Waals surface area (Å²) >= 11 is 0. The van der Waals surface area contributed by atoms with Crippen LogP contribution >= 0.6 is 0 Å². The van der Waals surface area contributed by atoms with Crippen LogP contribution in [0.5, 0.6) is 0 Å². The van der Waals surface area contributed by atoms with E-state index >= 15 is 0 Å². The molecule has 0 aliphatic carbocycles. The van der Waals surface area contributed by atoms with Gasteiger partial charge in [-0.15, -0.1) is 0 Å². The molecule has 2 heterocycles. The lowest BCUT2D eigenvalue weighted by molar-refractivity contribution is -0.133. The fraction of sp³-hybridized carbons (Fsp3) is 0.600. The van der Waals surface area contributed by atoms with Gasteiger partial charge in [-0.1, -0.05) is 88.4 Å². The Morgan fingerprint density at radius 3 is 1.22 bits per heavy atom. The average Bonchev–Trinajstić information content (AvgIpc) is 3.16. The molecule has 4 amide bonds. The minimum atomic E-state index is -1.55. The van der Waals surface area contributed by atoms with Gasteiger partial charge in [0.15, 0.2) is 0 Å². The summed E-state index contributed by atoms with van der Waals surface area (Å²) in [5, 5.41) is 35.5. The van der Waals surface area contributed by atoms with Crippen LogP contribution < -0.4 is 21.3 Å². The fourth-order valence-corrected chi connectivity index (χ4v) is 6.70. The number of aliphatic hydroxyl groups excluding tert-OH is 2. The van der Waals surface area contributed by atoms with Crippen LogP contribution in [0.4, 0.5) is 0 Å². The van der Waals surface area contributed by atoms with Gasteiger partial charge >= 0.3 is 0 Å². The molecule has 0 aromatic heterocycles. The maximum absolute atomic E-state index is 13.9. The number of amides is 4. The van der Waals surface area contributed by atoms with Gasteiger partial charge in [0.25, 0.3) is 0 Å². The minimum absolute atomic E-state index is 0.126. The molecule has 2 aliphatic rings. The summed E-state index contributed by atoms with van der Waals surface area (Å²) in [6.07, 6.45) is -2.77. The number of carbonyl (C=O) groups excluding carboxylic acids is 4. The molecule has 2 aromatic carbocycles. The average molecular weight is 753 g/mol. The van der Waals surface area contributed by atoms with Crippen molar-refractivity contribution in [2.75, 3.05) is 65.7 Å². The van der Waals surface area contributed by atoms with Crippen LogP contribution in [0.1, 0.15) is 38.8 Å². The molecule has 6 atom stereocenters. The monoisotopic (exact) mass is 752 g/mol. The highest BCUT2D eigenvalue weighted by molar-refractivity contribution is 5.89. The number of aliphatic hydroxyl groups is 2. The first-order valence-electron chi connectivity index (χ1n) is 19.1. The van der Waals surface area contributed by atoms with Crippen LogP contribution in [0.15, 0.2) is 60.7 Å². The van der Waals surface area contributed by atoms with E-state index in [-0.39, 0.29) is 49.6 Å². The molecule has 0 bridgehead atoms. The van der Waals surface area contributed by atoms with Crippen molar-refractivity contribution in [2.24, 2.45) is 11.8 Å². The predicted molar refractivity (Wildman–Crippen MR) is 204 cm³/mol. The Morgan fingerprint density at radius 2 is 0.907 bits per heavy atom. The Balaban J connectivity index is 1.53. The van der Waals surface area contributed by atoms with Crippen molar-refractivity contribution < 1.29 is 38.9 Å². The molecule has 14 heteroatoms. The summed E-state index contributed by atoms with van der Waals surface area (Å²) in [5.74, 6) is -2.16. The summed E-state index contributed by atoms with van der Waals surface area (Å²) in [6.45, 7) is 12.2. The standard InChI is InChI=1S/C40H60N6O8/c1-27(2)35(43-33(47)25-45-15-19-53-20-16-45)39(51)41-31(23-29-11-7-5-8-12-29)37(49)38(50)32(24-30-13-9-6-10-14-30)42-40(52)36(28(3)4)44-34(48)26-46-17-21-54-22-18-46/h5-14,27-28,31-32,35-38,49-50H,15-26H2,1-4H3,(H,41,51)(H,42,52)(H,43,47)(H,44,48)/t31-,32-,35?,36?,37+,38+/m0/s1. The van der Waals surface area contributed by atoms with Crippen molar-refractivity contribution >= 4 is 23.6 Å². The van der Waals surface area contributed by atoms with E-state index in [0.717, 1.165) is 11.1 Å². The van der Waals surface area contributed by atoms with Gasteiger partial charge in [-0.3, -0.25) is 29.0 Å². The van der Waals surface area contributed by atoms with E-state index in [1.807, 2.05) is 98.2 Å². The van der Waals surface area contributed by atoms with Crippen LogP contribution in [-0.2, 0) is 41.5 Å². The van der Waals surface area contributed by atoms with Crippen LogP contribution in [0.3, 0.4) is 0 Å². The molecule has 0 spiro atoms. The van der Waals surface area contributed by atoms with E-state index in [1.165, 1.54) is 0 Å². The lowest BCUT2D eigenvalue weighted by Crippen LogP contribution is -2.62. The zero-order valence-corrected chi connectivity index (χ0v) is 32.1. The largest absolute Gasteiger partial charge is 0.388 e. The Hall–Kier alpha value is -3.92. The predicted octanol–water partition coefficient (Wildman–Crippen LogP) is 0.109. The quantitative estimate of drug-likeness (QED) is 0.115. The molecule has 54 heavy (non-hydrogen) atoms. The van der Waals surface area contributed by atoms with Gasteiger partial charge in [0.1, 0.15) is 24.3 Å². The Labute approximate surface area is 319 Å². The molecular weight excluding hydrogens is 692 g/mol. The highest BCUT2D eigenvalue weighted by Crippen LogP contribution is 2.17. The lowest BCUT2D eigenvalue weighted by Gasteiger charge is -2.35. The third-order valence-electron chi connectivity index (χ3n) is 9.90. The van der Waals surface area contributed by atoms with Crippen LogP contribution in [0, 0.1) is 11.8 Å². The number of morpholine rings is 2. The summed E-state index contributed by atoms with van der Waals surface area (Å²) < 4.78 is 10.8. The number of carbonyl (C=O) groups is 4. The second-order valence-electron chi connectivity index (χ2n) is 14.9. The Bertz CT molecular complexity index is 1340. The van der Waals surface area contributed by atoms with E-state index in [1.54, 1.807) is 0 Å². The van der Waals surface area contributed by atoms with Gasteiger partial charge in [0.2, 0.25) is 23.6 Å². The highest BCUT2D eigenvalue weighted by atomic mass is 16.5. The number of rotatable bonds is 19. The molecule has 0 saturated carbocycles. The topological polar surface area (TPSA) is 182 Å². The first kappa shape index (κ1) is 42.8. The minimum Gasteiger partial charge on any atom is -0.388 e. The van der Waals surface area contributed by atoms with Crippen molar-refractivity contribution in [1.82, 2.24) is 31.1 Å². The molecule has 2 unspecified atom stereocenters. The second-order valence-corrected chi connectivity index (χ2v) is 14.9. The number of benzene rings is 2. The number of ether oxygens (including phenoxy) is 2. The van der Waals surface area contributed by atoms with E-state index in [0.29, 0.717) is 52.6 Å². The molecule has 6 N–H and O–H groups in total. The second kappa shape index (κ2) is 21.8. The highest BCUT2D eigenvalue weighted by Gasteiger charge is 2.37. The van der Waals surface area contributed by atoms with Crippen LogP contribution in [0.25, 0.3) is 0 Å². The SMILES string of the molecule is CC(C)C(NC(=O)CN1CCOCC1)C(=O)N[C@@H](Cc1ccccc1)[C@@H](O)[C@H](O)[C@H](Cc1ccccc1)NC(=O)C(NC(=O)CN1CCOCC1)C(C)C. The molecule has 2 saturated heterocycles. The molecule has 4 rings (SSSR count). The van der Waals surface area contributed by atoms with Gasteiger partial charge in [-0.2, -0.15) is 0 Å². The molecular formula is C40H60N6O8. The maximum Gasteiger partial charge on any atom is 0.243 e. The number of hydrogen-bond donors (Lipinski definition) is 6. The number of nitrogens with one attached hydrogen (secondary N) is 4. The van der Waals surface area contributed by atoms with Crippen molar-refractivity contribution in [3.63, 3.8) is 0 Å². The van der Waals surface area contributed by atoms with Gasteiger partial charge in [-0.05, 0) is 35.8 Å². The third kappa shape index (κ3) is 13.7. The van der Waals surface area contributed by atoms with Crippen molar-refractivity contribution in [3.05, 3.63) is 71.8 Å². The van der Waals surface area contributed by atoms with Crippen LogP contribution in [-0.4, -0.2) is 146 Å². The van der Waals surface area contributed by atoms with Gasteiger partial charge in [-0.25, -0.2) is 0 Å². The van der Waals surface area contributed by atoms with Crippen molar-refractivity contribution in [2.45, 2.75) is 76.9 Å². The van der Waals surface area contributed by atoms with Gasteiger partial charge < -0.3 is 41.0 Å². The maximum atomic E-state index is 13.9. The van der Waals surface area contributed by atoms with E-state index in [9.17, 15) is 29.4 Å². The summed E-state index contributed by atoms with van der Waals surface area (Å²) in [5.41, 5.74) is 1.61. The summed E-state index contributed by atoms with van der Waals surface area (Å²) in [4.78, 5) is 57.9.